The molecule has 1 aliphatic heterocycles. The molecular formula is C13H18N2O. The van der Waals surface area contributed by atoms with E-state index in [0.29, 0.717) is 6.04 Å². The zero-order chi connectivity index (χ0) is 11.5. The van der Waals surface area contributed by atoms with E-state index in [9.17, 15) is 4.79 Å². The number of likely N-dealkylation sites (N-methyl/N-ethyl adjacent to an activating group) is 1. The lowest BCUT2D eigenvalue weighted by Crippen LogP contribution is -2.48. The summed E-state index contributed by atoms with van der Waals surface area (Å²) in [5.41, 5.74) is 1.29. The van der Waals surface area contributed by atoms with Crippen LogP contribution in [0.5, 0.6) is 0 Å². The van der Waals surface area contributed by atoms with Gasteiger partial charge >= 0.3 is 0 Å². The summed E-state index contributed by atoms with van der Waals surface area (Å²) in [5, 5.41) is 0. The van der Waals surface area contributed by atoms with E-state index in [4.69, 9.17) is 0 Å². The Morgan fingerprint density at radius 1 is 1.25 bits per heavy atom. The molecule has 1 atom stereocenters. The van der Waals surface area contributed by atoms with Gasteiger partial charge in [-0.15, -0.1) is 0 Å². The zero-order valence-corrected chi connectivity index (χ0v) is 9.89. The molecule has 3 nitrogen and oxygen atoms in total. The van der Waals surface area contributed by atoms with Gasteiger partial charge in [-0.3, -0.25) is 9.69 Å². The summed E-state index contributed by atoms with van der Waals surface area (Å²) in [6.45, 7) is 4.23. The summed E-state index contributed by atoms with van der Waals surface area (Å²) in [5.74, 6) is 0.175. The van der Waals surface area contributed by atoms with Crippen molar-refractivity contribution in [2.75, 3.05) is 26.7 Å². The molecule has 2 rings (SSSR count). The summed E-state index contributed by atoms with van der Waals surface area (Å²) >= 11 is 0. The quantitative estimate of drug-likeness (QED) is 0.713. The molecule has 1 heterocycles. The number of piperazine rings is 1. The van der Waals surface area contributed by atoms with E-state index in [2.05, 4.69) is 36.2 Å². The SMILES string of the molecule is CC(=O)N1CCN(C)[C@@H](c2ccccc2)C1. The van der Waals surface area contributed by atoms with Crippen molar-refractivity contribution in [3.8, 4) is 0 Å². The van der Waals surface area contributed by atoms with Gasteiger partial charge in [-0.1, -0.05) is 30.3 Å². The number of carbonyl (C=O) groups excluding carboxylic acids is 1. The zero-order valence-electron chi connectivity index (χ0n) is 9.89. The first kappa shape index (κ1) is 11.1. The Balaban J connectivity index is 2.16. The fraction of sp³-hybridized carbons (Fsp3) is 0.462. The van der Waals surface area contributed by atoms with Crippen LogP contribution in [0.15, 0.2) is 30.3 Å². The number of hydrogen-bond acceptors (Lipinski definition) is 2. The van der Waals surface area contributed by atoms with Crippen LogP contribution >= 0.6 is 0 Å². The van der Waals surface area contributed by atoms with Gasteiger partial charge in [-0.05, 0) is 12.6 Å². The molecule has 0 spiro atoms. The number of nitrogens with zero attached hydrogens (tertiary/aromatic N) is 2. The minimum atomic E-state index is 0.175. The van der Waals surface area contributed by atoms with Crippen LogP contribution in [0, 0.1) is 0 Å². The molecule has 16 heavy (non-hydrogen) atoms. The molecule has 1 aromatic carbocycles. The molecule has 3 heteroatoms. The van der Waals surface area contributed by atoms with E-state index in [1.807, 2.05) is 11.0 Å². The molecular weight excluding hydrogens is 200 g/mol. The highest BCUT2D eigenvalue weighted by Gasteiger charge is 2.26. The van der Waals surface area contributed by atoms with Crippen molar-refractivity contribution in [1.82, 2.24) is 9.80 Å². The van der Waals surface area contributed by atoms with E-state index in [1.165, 1.54) is 5.56 Å². The molecule has 86 valence electrons. The Kier molecular flexibility index (Phi) is 3.25. The third kappa shape index (κ3) is 2.25. The van der Waals surface area contributed by atoms with Crippen LogP contribution in [0.3, 0.4) is 0 Å². The molecule has 0 aromatic heterocycles. The van der Waals surface area contributed by atoms with Crippen molar-refractivity contribution in [2.24, 2.45) is 0 Å². The summed E-state index contributed by atoms with van der Waals surface area (Å²) in [4.78, 5) is 15.6. The Morgan fingerprint density at radius 2 is 1.94 bits per heavy atom. The summed E-state index contributed by atoms with van der Waals surface area (Å²) in [6, 6.07) is 10.7. The molecule has 0 saturated carbocycles. The van der Waals surface area contributed by atoms with Crippen LogP contribution in [0.4, 0.5) is 0 Å². The first-order valence-electron chi connectivity index (χ1n) is 5.69. The predicted octanol–water partition coefficient (Wildman–Crippen LogP) is 1.52. The molecule has 0 unspecified atom stereocenters. The lowest BCUT2D eigenvalue weighted by atomic mass is 10.0. The lowest BCUT2D eigenvalue weighted by Gasteiger charge is -2.39. The van der Waals surface area contributed by atoms with Crippen LogP contribution in [0.25, 0.3) is 0 Å². The monoisotopic (exact) mass is 218 g/mol. The molecule has 1 fully saturated rings. The summed E-state index contributed by atoms with van der Waals surface area (Å²) in [6.07, 6.45) is 0. The van der Waals surface area contributed by atoms with Crippen molar-refractivity contribution in [3.05, 3.63) is 35.9 Å². The van der Waals surface area contributed by atoms with Crippen LogP contribution in [-0.2, 0) is 4.79 Å². The highest BCUT2D eigenvalue weighted by molar-refractivity contribution is 5.73. The minimum absolute atomic E-state index is 0.175. The standard InChI is InChI=1S/C13H18N2O/c1-11(16)15-9-8-14(2)13(10-15)12-6-4-3-5-7-12/h3-7,13H,8-10H2,1-2H3/t13-/m1/s1. The van der Waals surface area contributed by atoms with E-state index in [-0.39, 0.29) is 5.91 Å². The molecule has 1 amide bonds. The maximum atomic E-state index is 11.4. The fourth-order valence-electron chi connectivity index (χ4n) is 2.19. The van der Waals surface area contributed by atoms with E-state index < -0.39 is 0 Å². The van der Waals surface area contributed by atoms with E-state index >= 15 is 0 Å². The average Bonchev–Trinajstić information content (AvgIpc) is 2.30. The minimum Gasteiger partial charge on any atom is -0.340 e. The molecule has 0 radical (unpaired) electrons. The number of amides is 1. The normalized spacial score (nSPS) is 22.1. The lowest BCUT2D eigenvalue weighted by molar-refractivity contribution is -0.131. The second-order valence-corrected chi connectivity index (χ2v) is 4.37. The van der Waals surface area contributed by atoms with Gasteiger partial charge in [-0.2, -0.15) is 0 Å². The van der Waals surface area contributed by atoms with Gasteiger partial charge in [0.25, 0.3) is 0 Å². The largest absolute Gasteiger partial charge is 0.340 e. The molecule has 0 aliphatic carbocycles. The molecule has 1 aromatic rings. The van der Waals surface area contributed by atoms with Gasteiger partial charge in [-0.25, -0.2) is 0 Å². The van der Waals surface area contributed by atoms with Crippen molar-refractivity contribution < 1.29 is 4.79 Å². The smallest absolute Gasteiger partial charge is 0.219 e. The van der Waals surface area contributed by atoms with Gasteiger partial charge in [0.2, 0.25) is 5.91 Å². The Hall–Kier alpha value is -1.35. The van der Waals surface area contributed by atoms with Gasteiger partial charge in [0, 0.05) is 26.6 Å². The third-order valence-corrected chi connectivity index (χ3v) is 3.28. The second-order valence-electron chi connectivity index (χ2n) is 4.37. The summed E-state index contributed by atoms with van der Waals surface area (Å²) < 4.78 is 0. The summed E-state index contributed by atoms with van der Waals surface area (Å²) in [7, 11) is 2.12. The Bertz CT molecular complexity index is 363. The molecule has 1 saturated heterocycles. The second kappa shape index (κ2) is 4.66. The van der Waals surface area contributed by atoms with Crippen LogP contribution in [0.2, 0.25) is 0 Å². The first-order valence-corrected chi connectivity index (χ1v) is 5.69. The maximum absolute atomic E-state index is 11.4. The van der Waals surface area contributed by atoms with E-state index in [1.54, 1.807) is 6.92 Å². The highest BCUT2D eigenvalue weighted by Crippen LogP contribution is 2.23. The van der Waals surface area contributed by atoms with Crippen molar-refractivity contribution in [1.29, 1.82) is 0 Å². The van der Waals surface area contributed by atoms with Crippen molar-refractivity contribution in [2.45, 2.75) is 13.0 Å². The van der Waals surface area contributed by atoms with E-state index in [0.717, 1.165) is 19.6 Å². The first-order chi connectivity index (χ1) is 7.68. The van der Waals surface area contributed by atoms with Crippen LogP contribution in [-0.4, -0.2) is 42.4 Å². The van der Waals surface area contributed by atoms with Crippen LogP contribution < -0.4 is 0 Å². The van der Waals surface area contributed by atoms with Crippen LogP contribution in [0.1, 0.15) is 18.5 Å². The molecule has 0 bridgehead atoms. The van der Waals surface area contributed by atoms with Gasteiger partial charge in [0.05, 0.1) is 6.04 Å². The topological polar surface area (TPSA) is 23.6 Å². The maximum Gasteiger partial charge on any atom is 0.219 e. The fourth-order valence-corrected chi connectivity index (χ4v) is 2.19. The number of benzene rings is 1. The average molecular weight is 218 g/mol. The van der Waals surface area contributed by atoms with Gasteiger partial charge in [0.15, 0.2) is 0 Å². The Morgan fingerprint density at radius 3 is 2.56 bits per heavy atom. The third-order valence-electron chi connectivity index (χ3n) is 3.28. The van der Waals surface area contributed by atoms with Crippen molar-refractivity contribution >= 4 is 5.91 Å². The van der Waals surface area contributed by atoms with Crippen molar-refractivity contribution in [3.63, 3.8) is 0 Å². The highest BCUT2D eigenvalue weighted by atomic mass is 16.2. The molecule has 0 N–H and O–H groups in total. The van der Waals surface area contributed by atoms with Gasteiger partial charge < -0.3 is 4.90 Å². The van der Waals surface area contributed by atoms with Gasteiger partial charge in [0.1, 0.15) is 0 Å². The number of hydrogen-bond donors (Lipinski definition) is 0. The predicted molar refractivity (Wildman–Crippen MR) is 64.1 cm³/mol. The molecule has 1 aliphatic rings. The number of rotatable bonds is 1. The number of carbonyl (C=O) groups is 1. The Labute approximate surface area is 96.7 Å².